The summed E-state index contributed by atoms with van der Waals surface area (Å²) in [6.45, 7) is 6.86. The molecule has 2 aliphatic rings. The van der Waals surface area contributed by atoms with Crippen LogP contribution in [0.4, 0.5) is 0 Å². The molecule has 2 fully saturated rings. The van der Waals surface area contributed by atoms with Gasteiger partial charge in [-0.2, -0.15) is 0 Å². The van der Waals surface area contributed by atoms with Crippen LogP contribution in [0, 0.1) is 5.92 Å². The van der Waals surface area contributed by atoms with Crippen molar-refractivity contribution in [3.8, 4) is 0 Å². The molecule has 1 amide bonds. The molecule has 1 heterocycles. The van der Waals surface area contributed by atoms with Gasteiger partial charge in [-0.3, -0.25) is 9.79 Å². The summed E-state index contributed by atoms with van der Waals surface area (Å²) < 4.78 is 1.13. The quantitative estimate of drug-likeness (QED) is 0.312. The summed E-state index contributed by atoms with van der Waals surface area (Å²) in [7, 11) is 1.80. The SMILES string of the molecule is CN=C(NCC(C)(C)c1ccccc1Br)NC1CCN(C(=O)C2CCCC2)C1.I. The predicted octanol–water partition coefficient (Wildman–Crippen LogP) is 4.30. The fraction of sp³-hybridized carbons (Fsp3) is 0.636. The van der Waals surface area contributed by atoms with Crippen molar-refractivity contribution in [3.63, 3.8) is 0 Å². The molecule has 1 aliphatic heterocycles. The van der Waals surface area contributed by atoms with Gasteiger partial charge >= 0.3 is 0 Å². The maximum absolute atomic E-state index is 12.6. The van der Waals surface area contributed by atoms with Crippen LogP contribution in [-0.4, -0.2) is 49.5 Å². The Morgan fingerprint density at radius 1 is 1.24 bits per heavy atom. The zero-order chi connectivity index (χ0) is 20.1. The van der Waals surface area contributed by atoms with Crippen molar-refractivity contribution in [2.45, 2.75) is 57.4 Å². The first-order valence-electron chi connectivity index (χ1n) is 10.4. The van der Waals surface area contributed by atoms with Gasteiger partial charge < -0.3 is 15.5 Å². The number of guanidine groups is 1. The summed E-state index contributed by atoms with van der Waals surface area (Å²) in [5.41, 5.74) is 1.23. The summed E-state index contributed by atoms with van der Waals surface area (Å²) in [5.74, 6) is 1.43. The zero-order valence-corrected chi connectivity index (χ0v) is 21.6. The van der Waals surface area contributed by atoms with E-state index in [1.807, 2.05) is 11.0 Å². The number of benzene rings is 1. The van der Waals surface area contributed by atoms with Crippen LogP contribution < -0.4 is 10.6 Å². The van der Waals surface area contributed by atoms with E-state index in [2.05, 4.69) is 63.6 Å². The number of hydrogen-bond acceptors (Lipinski definition) is 2. The summed E-state index contributed by atoms with van der Waals surface area (Å²) in [4.78, 5) is 19.1. The molecular formula is C22H34BrIN4O. The first-order valence-corrected chi connectivity index (χ1v) is 11.2. The van der Waals surface area contributed by atoms with Crippen molar-refractivity contribution in [2.24, 2.45) is 10.9 Å². The number of halogens is 2. The zero-order valence-electron chi connectivity index (χ0n) is 17.7. The van der Waals surface area contributed by atoms with Gasteiger partial charge in [0.15, 0.2) is 5.96 Å². The molecule has 0 bridgehead atoms. The minimum atomic E-state index is -0.0438. The van der Waals surface area contributed by atoms with Crippen LogP contribution in [0.1, 0.15) is 51.5 Å². The lowest BCUT2D eigenvalue weighted by molar-refractivity contribution is -0.134. The Morgan fingerprint density at radius 3 is 2.59 bits per heavy atom. The van der Waals surface area contributed by atoms with Crippen molar-refractivity contribution in [3.05, 3.63) is 34.3 Å². The Labute approximate surface area is 200 Å². The largest absolute Gasteiger partial charge is 0.356 e. The molecule has 0 spiro atoms. The topological polar surface area (TPSA) is 56.7 Å². The van der Waals surface area contributed by atoms with Gasteiger partial charge in [0.25, 0.3) is 0 Å². The highest BCUT2D eigenvalue weighted by atomic mass is 127. The Morgan fingerprint density at radius 2 is 1.93 bits per heavy atom. The van der Waals surface area contributed by atoms with E-state index in [-0.39, 0.29) is 41.4 Å². The maximum atomic E-state index is 12.6. The molecule has 1 atom stereocenters. The van der Waals surface area contributed by atoms with Crippen molar-refractivity contribution < 1.29 is 4.79 Å². The van der Waals surface area contributed by atoms with Gasteiger partial charge in [-0.05, 0) is 30.9 Å². The molecule has 1 unspecified atom stereocenters. The van der Waals surface area contributed by atoms with Crippen LogP contribution in [0.15, 0.2) is 33.7 Å². The van der Waals surface area contributed by atoms with Crippen LogP contribution in [0.2, 0.25) is 0 Å². The first-order chi connectivity index (χ1) is 13.4. The van der Waals surface area contributed by atoms with Crippen molar-refractivity contribution in [1.29, 1.82) is 0 Å². The number of aliphatic imine (C=N–C) groups is 1. The van der Waals surface area contributed by atoms with Gasteiger partial charge in [0.1, 0.15) is 0 Å². The van der Waals surface area contributed by atoms with E-state index < -0.39 is 0 Å². The Hall–Kier alpha value is -0.830. The van der Waals surface area contributed by atoms with E-state index in [1.165, 1.54) is 18.4 Å². The van der Waals surface area contributed by atoms with E-state index in [0.29, 0.717) is 5.91 Å². The molecule has 3 rings (SSSR count). The molecular weight excluding hydrogens is 543 g/mol. The van der Waals surface area contributed by atoms with Crippen molar-refractivity contribution >= 4 is 51.8 Å². The van der Waals surface area contributed by atoms with Crippen LogP contribution >= 0.6 is 39.9 Å². The maximum Gasteiger partial charge on any atom is 0.225 e. The summed E-state index contributed by atoms with van der Waals surface area (Å²) >= 11 is 3.66. The molecule has 1 saturated heterocycles. The van der Waals surface area contributed by atoms with Crippen LogP contribution in [-0.2, 0) is 10.2 Å². The molecule has 0 aromatic heterocycles. The number of carbonyl (C=O) groups is 1. The van der Waals surface area contributed by atoms with E-state index in [1.54, 1.807) is 7.05 Å². The van der Waals surface area contributed by atoms with E-state index in [9.17, 15) is 4.79 Å². The predicted molar refractivity (Wildman–Crippen MR) is 134 cm³/mol. The lowest BCUT2D eigenvalue weighted by atomic mass is 9.84. The standard InChI is InChI=1S/C22H33BrN4O.HI/c1-22(2,18-10-6-7-11-19(18)23)15-25-21(24-3)26-17-12-13-27(14-17)20(28)16-8-4-5-9-16;/h6-7,10-11,16-17H,4-5,8-9,12-15H2,1-3H3,(H2,24,25,26);1H. The molecule has 1 aromatic rings. The number of likely N-dealkylation sites (tertiary alicyclic amines) is 1. The number of carbonyl (C=O) groups excluding carboxylic acids is 1. The molecule has 7 heteroatoms. The van der Waals surface area contributed by atoms with Gasteiger partial charge in [-0.25, -0.2) is 0 Å². The van der Waals surface area contributed by atoms with Gasteiger partial charge in [-0.1, -0.05) is 60.8 Å². The normalized spacial score (nSPS) is 20.5. The second-order valence-electron chi connectivity index (χ2n) is 8.69. The Kier molecular flexibility index (Phi) is 9.25. The highest BCUT2D eigenvalue weighted by molar-refractivity contribution is 14.0. The third-order valence-corrected chi connectivity index (χ3v) is 6.76. The highest BCUT2D eigenvalue weighted by Gasteiger charge is 2.32. The Bertz CT molecular complexity index is 719. The molecule has 162 valence electrons. The monoisotopic (exact) mass is 576 g/mol. The average molecular weight is 577 g/mol. The Balaban J connectivity index is 0.00000300. The summed E-state index contributed by atoms with van der Waals surface area (Å²) in [6, 6.07) is 8.62. The van der Waals surface area contributed by atoms with Gasteiger partial charge in [0.05, 0.1) is 0 Å². The third kappa shape index (κ3) is 6.32. The van der Waals surface area contributed by atoms with E-state index in [0.717, 1.165) is 49.3 Å². The molecule has 29 heavy (non-hydrogen) atoms. The number of nitrogens with one attached hydrogen (secondary N) is 2. The minimum Gasteiger partial charge on any atom is -0.356 e. The number of amides is 1. The number of rotatable bonds is 5. The van der Waals surface area contributed by atoms with Gasteiger partial charge in [0.2, 0.25) is 5.91 Å². The van der Waals surface area contributed by atoms with Gasteiger partial charge in [0, 0.05) is 48.5 Å². The first kappa shape index (κ1) is 24.4. The third-order valence-electron chi connectivity index (χ3n) is 6.07. The second-order valence-corrected chi connectivity index (χ2v) is 9.54. The molecule has 1 aromatic carbocycles. The van der Waals surface area contributed by atoms with E-state index in [4.69, 9.17) is 0 Å². The smallest absolute Gasteiger partial charge is 0.225 e. The molecule has 0 radical (unpaired) electrons. The second kappa shape index (κ2) is 11.0. The number of hydrogen-bond donors (Lipinski definition) is 2. The summed E-state index contributed by atoms with van der Waals surface area (Å²) in [5, 5.41) is 6.99. The fourth-order valence-corrected chi connectivity index (χ4v) is 5.13. The number of nitrogens with zero attached hydrogens (tertiary/aromatic N) is 2. The fourth-order valence-electron chi connectivity index (χ4n) is 4.31. The molecule has 2 N–H and O–H groups in total. The van der Waals surface area contributed by atoms with Crippen LogP contribution in [0.5, 0.6) is 0 Å². The molecule has 1 aliphatic carbocycles. The minimum absolute atomic E-state index is 0. The molecule has 5 nitrogen and oxygen atoms in total. The van der Waals surface area contributed by atoms with Crippen LogP contribution in [0.25, 0.3) is 0 Å². The lowest BCUT2D eigenvalue weighted by Crippen LogP contribution is -2.48. The van der Waals surface area contributed by atoms with Gasteiger partial charge in [-0.15, -0.1) is 24.0 Å². The van der Waals surface area contributed by atoms with Crippen LogP contribution in [0.3, 0.4) is 0 Å². The summed E-state index contributed by atoms with van der Waals surface area (Å²) in [6.07, 6.45) is 5.53. The van der Waals surface area contributed by atoms with E-state index >= 15 is 0 Å². The average Bonchev–Trinajstić information content (AvgIpc) is 3.37. The van der Waals surface area contributed by atoms with Crippen molar-refractivity contribution in [1.82, 2.24) is 15.5 Å². The highest BCUT2D eigenvalue weighted by Crippen LogP contribution is 2.30. The lowest BCUT2D eigenvalue weighted by Gasteiger charge is -2.28. The van der Waals surface area contributed by atoms with Crippen molar-refractivity contribution in [2.75, 3.05) is 26.7 Å². The molecule has 1 saturated carbocycles.